The van der Waals surface area contributed by atoms with Crippen LogP contribution >= 0.6 is 0 Å². The number of hydrogen-bond acceptors (Lipinski definition) is 6. The summed E-state index contributed by atoms with van der Waals surface area (Å²) in [5.74, 6) is 0.428. The van der Waals surface area contributed by atoms with Gasteiger partial charge in [-0.1, -0.05) is 0 Å². The van der Waals surface area contributed by atoms with E-state index in [0.717, 1.165) is 19.3 Å². The van der Waals surface area contributed by atoms with Crippen LogP contribution in [-0.2, 0) is 4.74 Å². The average molecular weight is 236 g/mol. The van der Waals surface area contributed by atoms with E-state index in [9.17, 15) is 10.1 Å². The highest BCUT2D eigenvalue weighted by Gasteiger charge is 2.40. The van der Waals surface area contributed by atoms with Crippen molar-refractivity contribution in [2.45, 2.75) is 37.5 Å². The van der Waals surface area contributed by atoms with E-state index in [1.165, 1.54) is 12.4 Å². The Hall–Kier alpha value is -1.76. The molecule has 90 valence electrons. The van der Waals surface area contributed by atoms with Gasteiger partial charge in [0.2, 0.25) is 5.95 Å². The summed E-state index contributed by atoms with van der Waals surface area (Å²) in [6.07, 6.45) is 6.17. The Balaban J connectivity index is 1.67. The third-order valence-electron chi connectivity index (χ3n) is 3.27. The molecule has 7 heteroatoms. The van der Waals surface area contributed by atoms with Crippen molar-refractivity contribution in [2.24, 2.45) is 0 Å². The Morgan fingerprint density at radius 3 is 2.71 bits per heavy atom. The molecule has 0 radical (unpaired) electrons. The molecule has 0 saturated carbocycles. The summed E-state index contributed by atoms with van der Waals surface area (Å²) in [4.78, 5) is 17.8. The molecule has 3 atom stereocenters. The van der Waals surface area contributed by atoms with E-state index >= 15 is 0 Å². The van der Waals surface area contributed by atoms with Gasteiger partial charge in [-0.2, -0.15) is 0 Å². The van der Waals surface area contributed by atoms with Gasteiger partial charge in [0.1, 0.15) is 12.4 Å². The molecule has 2 fully saturated rings. The van der Waals surface area contributed by atoms with Crippen LogP contribution in [0.2, 0.25) is 0 Å². The van der Waals surface area contributed by atoms with Crippen molar-refractivity contribution in [2.75, 3.05) is 5.32 Å². The number of fused-ring (bicyclic) bond motifs is 2. The summed E-state index contributed by atoms with van der Waals surface area (Å²) in [5.41, 5.74) is -0.0975. The Bertz CT molecular complexity index is 436. The van der Waals surface area contributed by atoms with Crippen LogP contribution in [-0.4, -0.2) is 33.1 Å². The molecule has 7 nitrogen and oxygen atoms in total. The minimum Gasteiger partial charge on any atom is -0.373 e. The zero-order chi connectivity index (χ0) is 11.8. The maximum atomic E-state index is 10.4. The smallest absolute Gasteiger partial charge is 0.305 e. The van der Waals surface area contributed by atoms with Crippen LogP contribution < -0.4 is 5.32 Å². The minimum atomic E-state index is -0.510. The maximum absolute atomic E-state index is 10.4. The van der Waals surface area contributed by atoms with E-state index in [0.29, 0.717) is 12.1 Å². The van der Waals surface area contributed by atoms with Gasteiger partial charge in [0, 0.05) is 0 Å². The van der Waals surface area contributed by atoms with Crippen molar-refractivity contribution in [1.82, 2.24) is 9.97 Å². The summed E-state index contributed by atoms with van der Waals surface area (Å²) < 4.78 is 5.69. The fraction of sp³-hybridized carbons (Fsp3) is 0.600. The SMILES string of the molecule is O=[N+]([O-])c1cnc(NC2CC3CCC2O3)nc1. The fourth-order valence-electron chi connectivity index (χ4n) is 2.45. The van der Waals surface area contributed by atoms with Gasteiger partial charge < -0.3 is 10.1 Å². The van der Waals surface area contributed by atoms with Gasteiger partial charge in [-0.05, 0) is 19.3 Å². The second kappa shape index (κ2) is 3.92. The van der Waals surface area contributed by atoms with E-state index in [2.05, 4.69) is 15.3 Å². The van der Waals surface area contributed by atoms with Gasteiger partial charge in [0.15, 0.2) is 0 Å². The molecule has 2 aliphatic rings. The van der Waals surface area contributed by atoms with E-state index in [1.54, 1.807) is 0 Å². The molecule has 1 aromatic rings. The number of rotatable bonds is 3. The Morgan fingerprint density at radius 1 is 1.41 bits per heavy atom. The number of hydrogen-bond donors (Lipinski definition) is 1. The quantitative estimate of drug-likeness (QED) is 0.624. The van der Waals surface area contributed by atoms with Crippen LogP contribution in [0.5, 0.6) is 0 Å². The number of anilines is 1. The van der Waals surface area contributed by atoms with Crippen molar-refractivity contribution in [3.05, 3.63) is 22.5 Å². The van der Waals surface area contributed by atoms with Crippen LogP contribution in [0.25, 0.3) is 0 Å². The topological polar surface area (TPSA) is 90.2 Å². The van der Waals surface area contributed by atoms with E-state index in [1.807, 2.05) is 0 Å². The molecule has 0 aromatic carbocycles. The lowest BCUT2D eigenvalue weighted by atomic mass is 9.96. The van der Waals surface area contributed by atoms with Crippen LogP contribution in [0, 0.1) is 10.1 Å². The van der Waals surface area contributed by atoms with Gasteiger partial charge in [-0.15, -0.1) is 0 Å². The van der Waals surface area contributed by atoms with Gasteiger partial charge in [0.25, 0.3) is 0 Å². The van der Waals surface area contributed by atoms with Crippen molar-refractivity contribution >= 4 is 11.6 Å². The molecule has 2 saturated heterocycles. The first kappa shape index (κ1) is 10.4. The zero-order valence-electron chi connectivity index (χ0n) is 9.07. The first-order valence-corrected chi connectivity index (χ1v) is 5.61. The molecule has 0 amide bonds. The highest BCUT2D eigenvalue weighted by Crippen LogP contribution is 2.35. The lowest BCUT2D eigenvalue weighted by molar-refractivity contribution is -0.385. The second-order valence-corrected chi connectivity index (χ2v) is 4.38. The van der Waals surface area contributed by atoms with Crippen LogP contribution in [0.4, 0.5) is 11.6 Å². The first-order valence-electron chi connectivity index (χ1n) is 5.61. The standard InChI is InChI=1S/C10H12N4O3/c15-14(16)6-4-11-10(12-5-6)13-8-3-7-1-2-9(8)17-7/h4-5,7-9H,1-3H2,(H,11,12,13). The molecule has 0 aliphatic carbocycles. The molecule has 1 aromatic heterocycles. The lowest BCUT2D eigenvalue weighted by Gasteiger charge is -2.19. The number of nitrogens with one attached hydrogen (secondary N) is 1. The monoisotopic (exact) mass is 236 g/mol. The fourth-order valence-corrected chi connectivity index (χ4v) is 2.45. The molecule has 17 heavy (non-hydrogen) atoms. The van der Waals surface area contributed by atoms with Crippen molar-refractivity contribution in [1.29, 1.82) is 0 Å². The summed E-state index contributed by atoms with van der Waals surface area (Å²) in [6.45, 7) is 0. The first-order chi connectivity index (χ1) is 8.22. The zero-order valence-corrected chi connectivity index (χ0v) is 9.07. The summed E-state index contributed by atoms with van der Waals surface area (Å²) in [6, 6.07) is 0.232. The molecular formula is C10H12N4O3. The number of nitro groups is 1. The van der Waals surface area contributed by atoms with Crippen LogP contribution in [0.3, 0.4) is 0 Å². The van der Waals surface area contributed by atoms with E-state index in [4.69, 9.17) is 4.74 Å². The highest BCUT2D eigenvalue weighted by molar-refractivity contribution is 5.32. The lowest BCUT2D eigenvalue weighted by Crippen LogP contribution is -2.31. The maximum Gasteiger partial charge on any atom is 0.305 e. The second-order valence-electron chi connectivity index (χ2n) is 4.38. The van der Waals surface area contributed by atoms with Crippen LogP contribution in [0.1, 0.15) is 19.3 Å². The Morgan fingerprint density at radius 2 is 2.18 bits per heavy atom. The number of ether oxygens (including phenoxy) is 1. The van der Waals surface area contributed by atoms with Crippen molar-refractivity contribution < 1.29 is 9.66 Å². The molecular weight excluding hydrogens is 224 g/mol. The van der Waals surface area contributed by atoms with E-state index in [-0.39, 0.29) is 17.8 Å². The number of aromatic nitrogens is 2. The number of nitrogens with zero attached hydrogens (tertiary/aromatic N) is 3. The molecule has 2 bridgehead atoms. The third-order valence-corrected chi connectivity index (χ3v) is 3.27. The predicted molar refractivity (Wildman–Crippen MR) is 58.6 cm³/mol. The van der Waals surface area contributed by atoms with Crippen molar-refractivity contribution in [3.8, 4) is 0 Å². The van der Waals surface area contributed by atoms with Gasteiger partial charge in [-0.3, -0.25) is 10.1 Å². The highest BCUT2D eigenvalue weighted by atomic mass is 16.6. The van der Waals surface area contributed by atoms with Gasteiger partial charge in [-0.25, -0.2) is 9.97 Å². The van der Waals surface area contributed by atoms with Gasteiger partial charge >= 0.3 is 5.69 Å². The largest absolute Gasteiger partial charge is 0.373 e. The molecule has 0 spiro atoms. The van der Waals surface area contributed by atoms with Crippen LogP contribution in [0.15, 0.2) is 12.4 Å². The Kier molecular flexibility index (Phi) is 2.40. The molecule has 3 unspecified atom stereocenters. The summed E-state index contributed by atoms with van der Waals surface area (Å²) in [7, 11) is 0. The normalized spacial score (nSPS) is 30.5. The molecule has 1 N–H and O–H groups in total. The average Bonchev–Trinajstić information content (AvgIpc) is 2.91. The van der Waals surface area contributed by atoms with E-state index < -0.39 is 4.92 Å². The molecule has 3 heterocycles. The summed E-state index contributed by atoms with van der Waals surface area (Å²) >= 11 is 0. The predicted octanol–water partition coefficient (Wildman–Crippen LogP) is 1.12. The summed E-state index contributed by atoms with van der Waals surface area (Å²) in [5, 5.41) is 13.6. The van der Waals surface area contributed by atoms with Crippen molar-refractivity contribution in [3.63, 3.8) is 0 Å². The minimum absolute atomic E-state index is 0.0975. The third kappa shape index (κ3) is 1.93. The van der Waals surface area contributed by atoms with Gasteiger partial charge in [0.05, 0.1) is 23.2 Å². The Labute approximate surface area is 97.4 Å². The molecule has 3 rings (SSSR count). The molecule has 2 aliphatic heterocycles.